The van der Waals surface area contributed by atoms with Crippen LogP contribution in [-0.4, -0.2) is 24.0 Å². The van der Waals surface area contributed by atoms with Crippen molar-refractivity contribution in [2.45, 2.75) is 19.4 Å². The van der Waals surface area contributed by atoms with Gasteiger partial charge in [-0.15, -0.1) is 0 Å². The quantitative estimate of drug-likeness (QED) is 0.713. The molecule has 0 aliphatic carbocycles. The number of nitrogens with one attached hydrogen (secondary N) is 3. The number of aromatic amines is 1. The van der Waals surface area contributed by atoms with E-state index in [2.05, 4.69) is 46.8 Å². The Morgan fingerprint density at radius 3 is 3.00 bits per heavy atom. The summed E-state index contributed by atoms with van der Waals surface area (Å²) >= 11 is 0. The van der Waals surface area contributed by atoms with Gasteiger partial charge in [-0.25, -0.2) is 0 Å². The molecular weight excluding hydrogens is 226 g/mol. The molecule has 2 aromatic rings. The largest absolute Gasteiger partial charge is 0.357 e. The predicted molar refractivity (Wildman–Crippen MR) is 71.4 cm³/mol. The number of benzene rings is 1. The van der Waals surface area contributed by atoms with Crippen molar-refractivity contribution in [3.63, 3.8) is 0 Å². The SMILES string of the molecule is Cc1ccc2cc(C3CC(=O)NCCN3)[nH]c2c1. The zero-order valence-electron chi connectivity index (χ0n) is 10.4. The van der Waals surface area contributed by atoms with Crippen LogP contribution in [0.25, 0.3) is 10.9 Å². The second-order valence-electron chi connectivity index (χ2n) is 4.88. The van der Waals surface area contributed by atoms with E-state index in [1.165, 1.54) is 10.9 Å². The van der Waals surface area contributed by atoms with E-state index in [1.807, 2.05) is 0 Å². The number of hydrogen-bond donors (Lipinski definition) is 3. The molecule has 1 aromatic heterocycles. The molecule has 2 heterocycles. The predicted octanol–water partition coefficient (Wildman–Crippen LogP) is 1.63. The van der Waals surface area contributed by atoms with Gasteiger partial charge in [-0.05, 0) is 30.0 Å². The lowest BCUT2D eigenvalue weighted by Gasteiger charge is -2.12. The first-order valence-corrected chi connectivity index (χ1v) is 6.32. The second kappa shape index (κ2) is 4.46. The molecule has 0 spiro atoms. The molecule has 4 nitrogen and oxygen atoms in total. The highest BCUT2D eigenvalue weighted by atomic mass is 16.1. The highest BCUT2D eigenvalue weighted by molar-refractivity contribution is 5.82. The number of aryl methyl sites for hydroxylation is 1. The van der Waals surface area contributed by atoms with Crippen LogP contribution < -0.4 is 10.6 Å². The first-order valence-electron chi connectivity index (χ1n) is 6.32. The van der Waals surface area contributed by atoms with Crippen LogP contribution in [0.5, 0.6) is 0 Å². The standard InChI is InChI=1S/C14H17N3O/c1-9-2-3-10-7-13(17-11(10)6-9)12-8-14(18)16-5-4-15-12/h2-3,6-7,12,15,17H,4-5,8H2,1H3,(H,16,18). The van der Waals surface area contributed by atoms with E-state index in [1.54, 1.807) is 0 Å². The summed E-state index contributed by atoms with van der Waals surface area (Å²) in [7, 11) is 0. The maximum Gasteiger partial charge on any atom is 0.222 e. The van der Waals surface area contributed by atoms with Crippen molar-refractivity contribution in [2.75, 3.05) is 13.1 Å². The van der Waals surface area contributed by atoms with Gasteiger partial charge in [0.05, 0.1) is 6.04 Å². The Balaban J connectivity index is 1.95. The zero-order valence-corrected chi connectivity index (χ0v) is 10.4. The van der Waals surface area contributed by atoms with E-state index in [9.17, 15) is 4.79 Å². The first kappa shape index (κ1) is 11.3. The number of hydrogen-bond acceptors (Lipinski definition) is 2. The molecule has 1 fully saturated rings. The van der Waals surface area contributed by atoms with Gasteiger partial charge in [-0.2, -0.15) is 0 Å². The lowest BCUT2D eigenvalue weighted by molar-refractivity contribution is -0.121. The molecule has 0 saturated carbocycles. The fourth-order valence-corrected chi connectivity index (χ4v) is 2.45. The minimum absolute atomic E-state index is 0.0835. The normalized spacial score (nSPS) is 20.7. The molecule has 1 atom stereocenters. The minimum atomic E-state index is 0.0835. The third kappa shape index (κ3) is 2.11. The molecule has 1 aromatic carbocycles. The van der Waals surface area contributed by atoms with Crippen molar-refractivity contribution in [3.05, 3.63) is 35.5 Å². The molecule has 0 bridgehead atoms. The summed E-state index contributed by atoms with van der Waals surface area (Å²) in [6, 6.07) is 8.56. The van der Waals surface area contributed by atoms with Crippen LogP contribution in [0.1, 0.15) is 23.7 Å². The van der Waals surface area contributed by atoms with E-state index < -0.39 is 0 Å². The fourth-order valence-electron chi connectivity index (χ4n) is 2.45. The van der Waals surface area contributed by atoms with Crippen LogP contribution >= 0.6 is 0 Å². The van der Waals surface area contributed by atoms with Crippen LogP contribution in [0.15, 0.2) is 24.3 Å². The Bertz CT molecular complexity index is 588. The van der Waals surface area contributed by atoms with Gasteiger partial charge >= 0.3 is 0 Å². The molecule has 3 rings (SSSR count). The maximum atomic E-state index is 11.6. The summed E-state index contributed by atoms with van der Waals surface area (Å²) in [6.07, 6.45) is 0.492. The van der Waals surface area contributed by atoms with E-state index in [4.69, 9.17) is 0 Å². The third-order valence-corrected chi connectivity index (χ3v) is 3.40. The van der Waals surface area contributed by atoms with Crippen molar-refractivity contribution < 1.29 is 4.79 Å². The molecule has 1 unspecified atom stereocenters. The number of amides is 1. The summed E-state index contributed by atoms with van der Waals surface area (Å²) in [6.45, 7) is 3.59. The van der Waals surface area contributed by atoms with Crippen molar-refractivity contribution in [1.29, 1.82) is 0 Å². The summed E-state index contributed by atoms with van der Waals surface area (Å²) in [5.41, 5.74) is 3.46. The smallest absolute Gasteiger partial charge is 0.222 e. The van der Waals surface area contributed by atoms with Gasteiger partial charge in [0, 0.05) is 30.7 Å². The van der Waals surface area contributed by atoms with Crippen molar-refractivity contribution in [2.24, 2.45) is 0 Å². The van der Waals surface area contributed by atoms with Gasteiger partial charge in [-0.1, -0.05) is 12.1 Å². The van der Waals surface area contributed by atoms with Gasteiger partial charge in [0.25, 0.3) is 0 Å². The summed E-state index contributed by atoms with van der Waals surface area (Å²) in [4.78, 5) is 15.0. The average Bonchev–Trinajstić information content (AvgIpc) is 2.63. The van der Waals surface area contributed by atoms with E-state index in [0.29, 0.717) is 13.0 Å². The molecule has 18 heavy (non-hydrogen) atoms. The third-order valence-electron chi connectivity index (χ3n) is 3.40. The Morgan fingerprint density at radius 2 is 2.11 bits per heavy atom. The molecule has 94 valence electrons. The number of carbonyl (C=O) groups is 1. The molecule has 4 heteroatoms. The molecule has 1 aliphatic rings. The Kier molecular flexibility index (Phi) is 2.80. The van der Waals surface area contributed by atoms with Crippen LogP contribution in [0, 0.1) is 6.92 Å². The fraction of sp³-hybridized carbons (Fsp3) is 0.357. The highest BCUT2D eigenvalue weighted by Gasteiger charge is 2.19. The molecule has 1 saturated heterocycles. The van der Waals surface area contributed by atoms with Gasteiger partial charge in [0.1, 0.15) is 0 Å². The van der Waals surface area contributed by atoms with E-state index >= 15 is 0 Å². The molecular formula is C14H17N3O. The van der Waals surface area contributed by atoms with Gasteiger partial charge < -0.3 is 15.6 Å². The minimum Gasteiger partial charge on any atom is -0.357 e. The van der Waals surface area contributed by atoms with Crippen molar-refractivity contribution in [3.8, 4) is 0 Å². The zero-order chi connectivity index (χ0) is 12.5. The Hall–Kier alpha value is -1.81. The van der Waals surface area contributed by atoms with Crippen LogP contribution in [0.3, 0.4) is 0 Å². The van der Waals surface area contributed by atoms with Crippen LogP contribution in [-0.2, 0) is 4.79 Å². The highest BCUT2D eigenvalue weighted by Crippen LogP contribution is 2.23. The second-order valence-corrected chi connectivity index (χ2v) is 4.88. The van der Waals surface area contributed by atoms with Crippen molar-refractivity contribution in [1.82, 2.24) is 15.6 Å². The molecule has 0 radical (unpaired) electrons. The van der Waals surface area contributed by atoms with Crippen LogP contribution in [0.4, 0.5) is 0 Å². The lowest BCUT2D eigenvalue weighted by Crippen LogP contribution is -2.24. The van der Waals surface area contributed by atoms with Gasteiger partial charge in [-0.3, -0.25) is 4.79 Å². The molecule has 1 amide bonds. The van der Waals surface area contributed by atoms with Crippen LogP contribution in [0.2, 0.25) is 0 Å². The average molecular weight is 243 g/mol. The van der Waals surface area contributed by atoms with E-state index in [-0.39, 0.29) is 11.9 Å². The van der Waals surface area contributed by atoms with Gasteiger partial charge in [0.15, 0.2) is 0 Å². The number of carbonyl (C=O) groups excluding carboxylic acids is 1. The summed E-state index contributed by atoms with van der Waals surface area (Å²) in [5, 5.41) is 7.46. The lowest BCUT2D eigenvalue weighted by atomic mass is 10.1. The molecule has 3 N–H and O–H groups in total. The first-order chi connectivity index (χ1) is 8.72. The number of H-pyrrole nitrogens is 1. The van der Waals surface area contributed by atoms with Crippen molar-refractivity contribution >= 4 is 16.8 Å². The Labute approximate surface area is 106 Å². The van der Waals surface area contributed by atoms with Gasteiger partial charge in [0.2, 0.25) is 5.91 Å². The summed E-state index contributed by atoms with van der Waals surface area (Å²) < 4.78 is 0. The number of rotatable bonds is 1. The topological polar surface area (TPSA) is 56.9 Å². The monoisotopic (exact) mass is 243 g/mol. The molecule has 1 aliphatic heterocycles. The maximum absolute atomic E-state index is 11.6. The Morgan fingerprint density at radius 1 is 1.22 bits per heavy atom. The summed E-state index contributed by atoms with van der Waals surface area (Å²) in [5.74, 6) is 0.111. The number of aromatic nitrogens is 1. The van der Waals surface area contributed by atoms with E-state index in [0.717, 1.165) is 17.8 Å². The number of fused-ring (bicyclic) bond motifs is 1.